The van der Waals surface area contributed by atoms with Crippen molar-refractivity contribution in [3.63, 3.8) is 0 Å². The van der Waals surface area contributed by atoms with Crippen LogP contribution in [0.1, 0.15) is 18.9 Å². The number of hydrogen-bond donors (Lipinski definition) is 1. The fraction of sp³-hybridized carbons (Fsp3) is 0.316. The number of amides is 1. The molecule has 6 heteroatoms. The average molecular weight is 414 g/mol. The van der Waals surface area contributed by atoms with Crippen LogP contribution in [0.2, 0.25) is 10.0 Å². The summed E-state index contributed by atoms with van der Waals surface area (Å²) in [6.45, 7) is 2.71. The molecule has 25 heavy (non-hydrogen) atoms. The number of benzene rings is 2. The van der Waals surface area contributed by atoms with E-state index in [1.807, 2.05) is 55.5 Å². The lowest BCUT2D eigenvalue weighted by Gasteiger charge is -2.14. The van der Waals surface area contributed by atoms with Gasteiger partial charge in [0.15, 0.2) is 0 Å². The van der Waals surface area contributed by atoms with Crippen LogP contribution in [0.4, 0.5) is 0 Å². The Labute approximate surface area is 168 Å². The molecule has 0 fully saturated rings. The number of nitrogens with one attached hydrogen (secondary N) is 1. The number of hydrogen-bond acceptors (Lipinski definition) is 3. The van der Waals surface area contributed by atoms with Gasteiger partial charge in [0, 0.05) is 33.0 Å². The number of thioether (sulfide) groups is 2. The number of rotatable bonds is 9. The summed E-state index contributed by atoms with van der Waals surface area (Å²) in [4.78, 5) is 13.4. The van der Waals surface area contributed by atoms with Gasteiger partial charge in [0.2, 0.25) is 5.91 Å². The summed E-state index contributed by atoms with van der Waals surface area (Å²) in [5.41, 5.74) is 1.24. The van der Waals surface area contributed by atoms with Crippen molar-refractivity contribution in [2.45, 2.75) is 29.2 Å². The second-order valence-corrected chi connectivity index (χ2v) is 8.69. The molecule has 1 amide bonds. The number of carbonyl (C=O) groups excluding carboxylic acids is 1. The van der Waals surface area contributed by atoms with Crippen LogP contribution in [0.5, 0.6) is 0 Å². The van der Waals surface area contributed by atoms with Gasteiger partial charge in [0.25, 0.3) is 0 Å². The molecule has 2 rings (SSSR count). The van der Waals surface area contributed by atoms with Gasteiger partial charge in [-0.1, -0.05) is 42.3 Å². The van der Waals surface area contributed by atoms with Crippen LogP contribution in [0.3, 0.4) is 0 Å². The van der Waals surface area contributed by atoms with E-state index in [1.54, 1.807) is 23.5 Å². The normalized spacial score (nSPS) is 12.0. The summed E-state index contributed by atoms with van der Waals surface area (Å²) < 4.78 is 0. The lowest BCUT2D eigenvalue weighted by Crippen LogP contribution is -2.33. The number of halogens is 2. The molecule has 1 N–H and O–H groups in total. The first kappa shape index (κ1) is 20.5. The molecule has 0 spiro atoms. The maximum atomic E-state index is 12.3. The summed E-state index contributed by atoms with van der Waals surface area (Å²) in [5.74, 6) is 1.90. The van der Waals surface area contributed by atoms with Crippen LogP contribution < -0.4 is 5.32 Å². The van der Waals surface area contributed by atoms with E-state index in [9.17, 15) is 4.79 Å². The van der Waals surface area contributed by atoms with Gasteiger partial charge in [-0.25, -0.2) is 0 Å². The SMILES string of the molecule is CC[C@H](Sc1ccc(Cl)cc1)C(=O)NCCSCc1ccc(Cl)cc1. The van der Waals surface area contributed by atoms with Crippen molar-refractivity contribution in [1.29, 1.82) is 0 Å². The molecule has 2 nitrogen and oxygen atoms in total. The van der Waals surface area contributed by atoms with Crippen molar-refractivity contribution < 1.29 is 4.79 Å². The van der Waals surface area contributed by atoms with Gasteiger partial charge in [-0.05, 0) is 48.4 Å². The minimum absolute atomic E-state index is 0.0811. The Kier molecular flexibility index (Phi) is 9.04. The van der Waals surface area contributed by atoms with Gasteiger partial charge in [-0.3, -0.25) is 4.79 Å². The Morgan fingerprint density at radius 2 is 1.64 bits per heavy atom. The first-order valence-corrected chi connectivity index (χ1v) is 10.9. The van der Waals surface area contributed by atoms with Crippen molar-refractivity contribution in [3.05, 3.63) is 64.1 Å². The third kappa shape index (κ3) is 7.53. The van der Waals surface area contributed by atoms with Crippen LogP contribution in [0, 0.1) is 0 Å². The van der Waals surface area contributed by atoms with Crippen LogP contribution in [-0.4, -0.2) is 23.5 Å². The molecule has 0 aliphatic heterocycles. The molecule has 0 saturated carbocycles. The van der Waals surface area contributed by atoms with Crippen LogP contribution >= 0.6 is 46.7 Å². The van der Waals surface area contributed by atoms with Gasteiger partial charge in [-0.15, -0.1) is 11.8 Å². The van der Waals surface area contributed by atoms with Gasteiger partial charge >= 0.3 is 0 Å². The van der Waals surface area contributed by atoms with Crippen molar-refractivity contribution >= 4 is 52.6 Å². The Balaban J connectivity index is 1.68. The van der Waals surface area contributed by atoms with Crippen molar-refractivity contribution in [2.24, 2.45) is 0 Å². The smallest absolute Gasteiger partial charge is 0.233 e. The first-order valence-electron chi connectivity index (χ1n) is 8.10. The predicted molar refractivity (Wildman–Crippen MR) is 112 cm³/mol. The fourth-order valence-electron chi connectivity index (χ4n) is 2.13. The number of carbonyl (C=O) groups is 1. The van der Waals surface area contributed by atoms with E-state index in [0.717, 1.165) is 27.8 Å². The zero-order valence-electron chi connectivity index (χ0n) is 14.0. The molecule has 0 heterocycles. The maximum absolute atomic E-state index is 12.3. The van der Waals surface area contributed by atoms with Gasteiger partial charge in [-0.2, -0.15) is 11.8 Å². The predicted octanol–water partition coefficient (Wildman–Crippen LogP) is 5.91. The molecule has 0 aromatic heterocycles. The van der Waals surface area contributed by atoms with Gasteiger partial charge in [0.05, 0.1) is 5.25 Å². The Hall–Kier alpha value is -0.810. The first-order chi connectivity index (χ1) is 12.1. The third-order valence-electron chi connectivity index (χ3n) is 3.48. The lowest BCUT2D eigenvalue weighted by molar-refractivity contribution is -0.120. The molecule has 0 bridgehead atoms. The standard InChI is InChI=1S/C19H21Cl2NOS2/c1-2-18(25-17-9-7-16(21)8-10-17)19(23)22-11-12-24-13-14-3-5-15(20)6-4-14/h3-10,18H,2,11-13H2,1H3,(H,22,23)/t18-/m0/s1. The molecule has 0 saturated heterocycles. The van der Waals surface area contributed by atoms with Crippen LogP contribution in [-0.2, 0) is 10.5 Å². The second kappa shape index (κ2) is 11.0. The van der Waals surface area contributed by atoms with E-state index in [1.165, 1.54) is 5.56 Å². The van der Waals surface area contributed by atoms with E-state index in [0.29, 0.717) is 11.6 Å². The van der Waals surface area contributed by atoms with Crippen LogP contribution in [0.15, 0.2) is 53.4 Å². The van der Waals surface area contributed by atoms with Gasteiger partial charge in [0.1, 0.15) is 0 Å². The zero-order chi connectivity index (χ0) is 18.1. The van der Waals surface area contributed by atoms with E-state index in [-0.39, 0.29) is 11.2 Å². The molecule has 0 aliphatic rings. The summed E-state index contributed by atoms with van der Waals surface area (Å²) >= 11 is 15.2. The molecule has 0 aliphatic carbocycles. The molecular formula is C19H21Cl2NOS2. The van der Waals surface area contributed by atoms with Crippen LogP contribution in [0.25, 0.3) is 0 Å². The quantitative estimate of drug-likeness (QED) is 0.408. The lowest BCUT2D eigenvalue weighted by atomic mass is 10.2. The van der Waals surface area contributed by atoms with Crippen molar-refractivity contribution in [3.8, 4) is 0 Å². The highest BCUT2D eigenvalue weighted by Crippen LogP contribution is 2.26. The van der Waals surface area contributed by atoms with Crippen molar-refractivity contribution in [1.82, 2.24) is 5.32 Å². The highest BCUT2D eigenvalue weighted by molar-refractivity contribution is 8.00. The van der Waals surface area contributed by atoms with E-state index in [4.69, 9.17) is 23.2 Å². The summed E-state index contributed by atoms with van der Waals surface area (Å²) in [6.07, 6.45) is 0.789. The molecule has 0 radical (unpaired) electrons. The fourth-order valence-corrected chi connectivity index (χ4v) is 4.18. The van der Waals surface area contributed by atoms with Gasteiger partial charge < -0.3 is 5.32 Å². The largest absolute Gasteiger partial charge is 0.354 e. The molecule has 0 unspecified atom stereocenters. The van der Waals surface area contributed by atoms with E-state index < -0.39 is 0 Å². The Bertz CT molecular complexity index is 662. The average Bonchev–Trinajstić information content (AvgIpc) is 2.62. The Morgan fingerprint density at radius 1 is 1.04 bits per heavy atom. The third-order valence-corrected chi connectivity index (χ3v) is 6.39. The molecule has 134 valence electrons. The zero-order valence-corrected chi connectivity index (χ0v) is 17.2. The van der Waals surface area contributed by atoms with Crippen molar-refractivity contribution in [2.75, 3.05) is 12.3 Å². The molecule has 1 atom stereocenters. The maximum Gasteiger partial charge on any atom is 0.233 e. The van der Waals surface area contributed by atoms with E-state index in [2.05, 4.69) is 5.32 Å². The van der Waals surface area contributed by atoms with E-state index >= 15 is 0 Å². The monoisotopic (exact) mass is 413 g/mol. The molecule has 2 aromatic carbocycles. The summed E-state index contributed by atoms with van der Waals surface area (Å²) in [6, 6.07) is 15.5. The summed E-state index contributed by atoms with van der Waals surface area (Å²) in [7, 11) is 0. The highest BCUT2D eigenvalue weighted by atomic mass is 35.5. The minimum Gasteiger partial charge on any atom is -0.354 e. The molecule has 2 aromatic rings. The summed E-state index contributed by atoms with van der Waals surface area (Å²) in [5, 5.41) is 4.41. The minimum atomic E-state index is -0.0811. The highest BCUT2D eigenvalue weighted by Gasteiger charge is 2.17. The second-order valence-electron chi connectivity index (χ2n) is 5.44. The Morgan fingerprint density at radius 3 is 2.24 bits per heavy atom. The molecular weight excluding hydrogens is 393 g/mol. The topological polar surface area (TPSA) is 29.1 Å².